The number of amides is 1. The van der Waals surface area contributed by atoms with Crippen LogP contribution in [0.4, 0.5) is 10.1 Å². The van der Waals surface area contributed by atoms with E-state index in [4.69, 9.17) is 17.3 Å². The second-order valence-corrected chi connectivity index (χ2v) is 4.54. The third-order valence-electron chi connectivity index (χ3n) is 2.79. The first-order chi connectivity index (χ1) is 9.81. The van der Waals surface area contributed by atoms with E-state index in [9.17, 15) is 24.4 Å². The Labute approximate surface area is 122 Å². The first-order valence-electron chi connectivity index (χ1n) is 5.58. The van der Waals surface area contributed by atoms with E-state index in [-0.39, 0.29) is 21.8 Å². The first kappa shape index (κ1) is 14.7. The molecule has 0 spiro atoms. The molecule has 0 aliphatic rings. The van der Waals surface area contributed by atoms with Gasteiger partial charge in [0.1, 0.15) is 11.6 Å². The number of halogens is 2. The molecular weight excluding hydrogens is 303 g/mol. The molecule has 0 radical (unpaired) electrons. The number of hydrogen-bond donors (Lipinski definition) is 2. The molecule has 2 aromatic rings. The van der Waals surface area contributed by atoms with Crippen LogP contribution in [0.5, 0.6) is 5.75 Å². The molecule has 8 heteroatoms. The Morgan fingerprint density at radius 3 is 2.48 bits per heavy atom. The Morgan fingerprint density at radius 2 is 1.95 bits per heavy atom. The summed E-state index contributed by atoms with van der Waals surface area (Å²) in [6.45, 7) is 0. The van der Waals surface area contributed by atoms with E-state index in [2.05, 4.69) is 0 Å². The summed E-state index contributed by atoms with van der Waals surface area (Å²) in [4.78, 5) is 21.2. The molecule has 0 saturated heterocycles. The van der Waals surface area contributed by atoms with Crippen molar-refractivity contribution in [3.63, 3.8) is 0 Å². The molecule has 108 valence electrons. The number of carbonyl (C=O) groups excluding carboxylic acids is 1. The van der Waals surface area contributed by atoms with Gasteiger partial charge < -0.3 is 10.8 Å². The zero-order valence-electron chi connectivity index (χ0n) is 10.3. The molecule has 0 unspecified atom stereocenters. The molecule has 2 aromatic carbocycles. The number of nitrogens with two attached hydrogens (primary N) is 1. The lowest BCUT2D eigenvalue weighted by Crippen LogP contribution is -2.11. The van der Waals surface area contributed by atoms with E-state index >= 15 is 0 Å². The normalized spacial score (nSPS) is 10.4. The van der Waals surface area contributed by atoms with Gasteiger partial charge in [-0.25, -0.2) is 4.39 Å². The second-order valence-electron chi connectivity index (χ2n) is 4.14. The quantitative estimate of drug-likeness (QED) is 0.671. The summed E-state index contributed by atoms with van der Waals surface area (Å²) in [6.07, 6.45) is 0. The summed E-state index contributed by atoms with van der Waals surface area (Å²) in [5.74, 6) is -2.35. The summed E-state index contributed by atoms with van der Waals surface area (Å²) < 4.78 is 13.5. The van der Waals surface area contributed by atoms with Crippen LogP contribution >= 0.6 is 11.6 Å². The fourth-order valence-corrected chi connectivity index (χ4v) is 2.10. The van der Waals surface area contributed by atoms with Crippen LogP contribution in [-0.2, 0) is 0 Å². The van der Waals surface area contributed by atoms with Gasteiger partial charge >= 0.3 is 0 Å². The largest absolute Gasteiger partial charge is 0.506 e. The zero-order valence-corrected chi connectivity index (χ0v) is 11.1. The Kier molecular flexibility index (Phi) is 3.77. The highest BCUT2D eigenvalue weighted by Gasteiger charge is 2.19. The lowest BCUT2D eigenvalue weighted by atomic mass is 10.0. The molecule has 6 nitrogen and oxygen atoms in total. The molecule has 0 saturated carbocycles. The van der Waals surface area contributed by atoms with Gasteiger partial charge in [-0.3, -0.25) is 14.9 Å². The van der Waals surface area contributed by atoms with Crippen molar-refractivity contribution in [3.8, 4) is 16.9 Å². The number of nitrogens with zero attached hydrogens (tertiary/aromatic N) is 1. The lowest BCUT2D eigenvalue weighted by molar-refractivity contribution is -0.384. The molecule has 0 aromatic heterocycles. The molecule has 0 aliphatic carbocycles. The van der Waals surface area contributed by atoms with E-state index in [1.807, 2.05) is 0 Å². The number of rotatable bonds is 3. The SMILES string of the molecule is NC(=O)c1cc(F)cc(-c2ccc([N+](=O)[O-])cc2Cl)c1O. The number of hydrogen-bond acceptors (Lipinski definition) is 4. The fraction of sp³-hybridized carbons (Fsp3) is 0. The number of non-ortho nitro benzene ring substituents is 1. The maximum absolute atomic E-state index is 13.5. The number of aromatic hydroxyl groups is 1. The van der Waals surface area contributed by atoms with Crippen molar-refractivity contribution in [1.82, 2.24) is 0 Å². The number of phenols is 1. The predicted molar refractivity (Wildman–Crippen MR) is 73.7 cm³/mol. The highest BCUT2D eigenvalue weighted by Crippen LogP contribution is 2.38. The van der Waals surface area contributed by atoms with Crippen LogP contribution in [0.1, 0.15) is 10.4 Å². The average Bonchev–Trinajstić information content (AvgIpc) is 2.40. The third-order valence-corrected chi connectivity index (χ3v) is 3.11. The van der Waals surface area contributed by atoms with Gasteiger partial charge in [0.2, 0.25) is 0 Å². The molecule has 0 aliphatic heterocycles. The minimum absolute atomic E-state index is 0.0690. The van der Waals surface area contributed by atoms with Gasteiger partial charge in [-0.05, 0) is 18.2 Å². The number of benzene rings is 2. The molecule has 3 N–H and O–H groups in total. The van der Waals surface area contributed by atoms with Gasteiger partial charge in [0.05, 0.1) is 15.5 Å². The van der Waals surface area contributed by atoms with E-state index in [1.54, 1.807) is 0 Å². The smallest absolute Gasteiger partial charge is 0.270 e. The summed E-state index contributed by atoms with van der Waals surface area (Å²) in [5, 5.41) is 20.6. The highest BCUT2D eigenvalue weighted by molar-refractivity contribution is 6.33. The molecule has 0 heterocycles. The Hall–Kier alpha value is -2.67. The van der Waals surface area contributed by atoms with Crippen LogP contribution in [0.2, 0.25) is 5.02 Å². The van der Waals surface area contributed by atoms with Crippen molar-refractivity contribution in [2.24, 2.45) is 5.73 Å². The Morgan fingerprint density at radius 1 is 1.29 bits per heavy atom. The monoisotopic (exact) mass is 310 g/mol. The molecule has 2 rings (SSSR count). The minimum Gasteiger partial charge on any atom is -0.506 e. The molecule has 0 atom stereocenters. The van der Waals surface area contributed by atoms with Crippen molar-refractivity contribution in [2.75, 3.05) is 0 Å². The summed E-state index contributed by atoms with van der Waals surface area (Å²) in [7, 11) is 0. The van der Waals surface area contributed by atoms with Crippen LogP contribution < -0.4 is 5.73 Å². The van der Waals surface area contributed by atoms with Crippen molar-refractivity contribution in [2.45, 2.75) is 0 Å². The first-order valence-corrected chi connectivity index (χ1v) is 5.95. The summed E-state index contributed by atoms with van der Waals surface area (Å²) in [5.41, 5.74) is 4.45. The number of carbonyl (C=O) groups is 1. The Bertz CT molecular complexity index is 764. The highest BCUT2D eigenvalue weighted by atomic mass is 35.5. The van der Waals surface area contributed by atoms with Crippen LogP contribution in [0.25, 0.3) is 11.1 Å². The molecule has 21 heavy (non-hydrogen) atoms. The topological polar surface area (TPSA) is 106 Å². The van der Waals surface area contributed by atoms with Crippen molar-refractivity contribution in [3.05, 3.63) is 56.8 Å². The standard InChI is InChI=1S/C13H8ClFN2O4/c14-11-5-7(17(20)21)1-2-8(11)9-3-6(15)4-10(12(9)18)13(16)19/h1-5,18H,(H2,16,19). The van der Waals surface area contributed by atoms with Crippen LogP contribution in [0.3, 0.4) is 0 Å². The second kappa shape index (κ2) is 5.37. The van der Waals surface area contributed by atoms with Gasteiger partial charge in [-0.15, -0.1) is 0 Å². The zero-order chi connectivity index (χ0) is 15.7. The maximum atomic E-state index is 13.5. The van der Waals surface area contributed by atoms with Gasteiger partial charge in [0.15, 0.2) is 0 Å². The number of nitro groups is 1. The molecular formula is C13H8ClFN2O4. The lowest BCUT2D eigenvalue weighted by Gasteiger charge is -2.10. The van der Waals surface area contributed by atoms with E-state index in [1.165, 1.54) is 6.07 Å². The van der Waals surface area contributed by atoms with Crippen LogP contribution in [0, 0.1) is 15.9 Å². The van der Waals surface area contributed by atoms with Crippen molar-refractivity contribution in [1.29, 1.82) is 0 Å². The van der Waals surface area contributed by atoms with Gasteiger partial charge in [-0.1, -0.05) is 11.6 Å². The van der Waals surface area contributed by atoms with Crippen molar-refractivity contribution < 1.29 is 19.2 Å². The maximum Gasteiger partial charge on any atom is 0.270 e. The fourth-order valence-electron chi connectivity index (χ4n) is 1.83. The summed E-state index contributed by atoms with van der Waals surface area (Å²) >= 11 is 5.91. The van der Waals surface area contributed by atoms with Gasteiger partial charge in [-0.2, -0.15) is 0 Å². The molecule has 1 amide bonds. The van der Waals surface area contributed by atoms with Gasteiger partial charge in [0.25, 0.3) is 11.6 Å². The molecule has 0 bridgehead atoms. The molecule has 0 fully saturated rings. The van der Waals surface area contributed by atoms with E-state index in [0.29, 0.717) is 0 Å². The van der Waals surface area contributed by atoms with Crippen molar-refractivity contribution >= 4 is 23.2 Å². The number of primary amides is 1. The van der Waals surface area contributed by atoms with Gasteiger partial charge in [0, 0.05) is 23.3 Å². The predicted octanol–water partition coefficient (Wildman–Crippen LogP) is 2.86. The van der Waals surface area contributed by atoms with Crippen LogP contribution in [-0.4, -0.2) is 15.9 Å². The average molecular weight is 311 g/mol. The van der Waals surface area contributed by atoms with E-state index < -0.39 is 28.0 Å². The minimum atomic E-state index is -1.01. The number of nitro benzene ring substituents is 1. The summed E-state index contributed by atoms with van der Waals surface area (Å²) in [6, 6.07) is 5.20. The Balaban J connectivity index is 2.67. The van der Waals surface area contributed by atoms with E-state index in [0.717, 1.165) is 24.3 Å². The van der Waals surface area contributed by atoms with Crippen LogP contribution in [0.15, 0.2) is 30.3 Å². The third kappa shape index (κ3) is 2.77.